The monoisotopic (exact) mass is 466 g/mol. The van der Waals surface area contributed by atoms with Gasteiger partial charge < -0.3 is 5.32 Å². The fraction of sp³-hybridized carbons (Fsp3) is 0.130. The van der Waals surface area contributed by atoms with Gasteiger partial charge in [-0.2, -0.15) is 0 Å². The Hall–Kier alpha value is -2.57. The van der Waals surface area contributed by atoms with Crippen molar-refractivity contribution in [3.8, 4) is 0 Å². The van der Waals surface area contributed by atoms with E-state index in [4.69, 9.17) is 0 Å². The first-order valence-electron chi connectivity index (χ1n) is 9.18. The molecule has 1 heterocycles. The van der Waals surface area contributed by atoms with Crippen LogP contribution in [0, 0.1) is 6.92 Å². The molecule has 1 aliphatic heterocycles. The lowest BCUT2D eigenvalue weighted by Crippen LogP contribution is -2.27. The summed E-state index contributed by atoms with van der Waals surface area (Å²) in [5.41, 5.74) is 4.28. The molecule has 1 fully saturated rings. The van der Waals surface area contributed by atoms with Crippen LogP contribution >= 0.6 is 27.7 Å². The minimum Gasteiger partial charge on any atom is -0.322 e. The third-order valence-electron chi connectivity index (χ3n) is 4.66. The summed E-state index contributed by atoms with van der Waals surface area (Å²) in [7, 11) is 0. The van der Waals surface area contributed by atoms with Gasteiger partial charge in [-0.05, 0) is 60.5 Å². The number of carbonyl (C=O) groups excluding carboxylic acids is 2. The number of aryl methyl sites for hydroxylation is 1. The summed E-state index contributed by atoms with van der Waals surface area (Å²) in [5, 5.41) is 2.83. The first-order chi connectivity index (χ1) is 14.0. The van der Waals surface area contributed by atoms with Gasteiger partial charge in [-0.3, -0.25) is 14.5 Å². The van der Waals surface area contributed by atoms with Crippen molar-refractivity contribution < 1.29 is 9.59 Å². The quantitative estimate of drug-likeness (QED) is 0.529. The number of benzene rings is 3. The molecule has 6 heteroatoms. The van der Waals surface area contributed by atoms with E-state index in [1.165, 1.54) is 0 Å². The predicted molar refractivity (Wildman–Crippen MR) is 122 cm³/mol. The van der Waals surface area contributed by atoms with Crippen LogP contribution in [-0.2, 0) is 4.79 Å². The number of thioether (sulfide) groups is 1. The molecule has 1 N–H and O–H groups in total. The molecule has 146 valence electrons. The van der Waals surface area contributed by atoms with Gasteiger partial charge in [0, 0.05) is 21.4 Å². The lowest BCUT2D eigenvalue weighted by molar-refractivity contribution is -0.115. The van der Waals surface area contributed by atoms with Gasteiger partial charge in [0.25, 0.3) is 5.91 Å². The summed E-state index contributed by atoms with van der Waals surface area (Å²) >= 11 is 4.99. The summed E-state index contributed by atoms with van der Waals surface area (Å²) in [4.78, 5) is 27.0. The van der Waals surface area contributed by atoms with Crippen LogP contribution in [-0.4, -0.2) is 17.6 Å². The highest BCUT2D eigenvalue weighted by Crippen LogP contribution is 2.42. The molecule has 2 amide bonds. The zero-order valence-corrected chi connectivity index (χ0v) is 18.2. The minimum atomic E-state index is -0.172. The van der Waals surface area contributed by atoms with Crippen LogP contribution in [0.15, 0.2) is 77.3 Å². The zero-order chi connectivity index (χ0) is 20.4. The Labute approximate surface area is 182 Å². The van der Waals surface area contributed by atoms with E-state index in [1.807, 2.05) is 72.5 Å². The van der Waals surface area contributed by atoms with E-state index >= 15 is 0 Å². The molecule has 1 aliphatic rings. The lowest BCUT2D eigenvalue weighted by atomic mass is 10.1. The van der Waals surface area contributed by atoms with Crippen molar-refractivity contribution in [2.45, 2.75) is 12.3 Å². The molecule has 4 rings (SSSR count). The Balaban J connectivity index is 1.59. The number of halogens is 1. The van der Waals surface area contributed by atoms with Gasteiger partial charge in [0.1, 0.15) is 5.37 Å². The molecule has 0 spiro atoms. The van der Waals surface area contributed by atoms with Gasteiger partial charge in [0.05, 0.1) is 5.75 Å². The number of amides is 2. The van der Waals surface area contributed by atoms with Crippen LogP contribution in [0.2, 0.25) is 0 Å². The van der Waals surface area contributed by atoms with Crippen LogP contribution in [0.25, 0.3) is 0 Å². The summed E-state index contributed by atoms with van der Waals surface area (Å²) < 4.78 is 0.855. The van der Waals surface area contributed by atoms with E-state index in [-0.39, 0.29) is 17.2 Å². The Kier molecular flexibility index (Phi) is 5.74. The average molecular weight is 467 g/mol. The fourth-order valence-electron chi connectivity index (χ4n) is 3.33. The smallest absolute Gasteiger partial charge is 0.255 e. The maximum atomic E-state index is 12.6. The Morgan fingerprint density at radius 2 is 1.86 bits per heavy atom. The maximum absolute atomic E-state index is 12.6. The van der Waals surface area contributed by atoms with Gasteiger partial charge in [-0.15, -0.1) is 11.8 Å². The molecule has 0 saturated carbocycles. The van der Waals surface area contributed by atoms with Crippen molar-refractivity contribution in [3.05, 3.63) is 94.0 Å². The number of nitrogens with zero attached hydrogens (tertiary/aromatic N) is 1. The highest BCUT2D eigenvalue weighted by atomic mass is 79.9. The van der Waals surface area contributed by atoms with Crippen LogP contribution < -0.4 is 10.2 Å². The minimum absolute atomic E-state index is 0.0918. The predicted octanol–water partition coefficient (Wildman–Crippen LogP) is 5.79. The maximum Gasteiger partial charge on any atom is 0.255 e. The number of hydrogen-bond acceptors (Lipinski definition) is 3. The summed E-state index contributed by atoms with van der Waals surface area (Å²) in [6.45, 7) is 2.02. The molecule has 0 aromatic heterocycles. The second-order valence-corrected chi connectivity index (χ2v) is 8.84. The molecule has 3 aromatic rings. The number of anilines is 2. The third-order valence-corrected chi connectivity index (χ3v) is 6.37. The van der Waals surface area contributed by atoms with Gasteiger partial charge in [-0.25, -0.2) is 0 Å². The van der Waals surface area contributed by atoms with Crippen LogP contribution in [0.5, 0.6) is 0 Å². The van der Waals surface area contributed by atoms with Crippen LogP contribution in [0.3, 0.4) is 0 Å². The van der Waals surface area contributed by atoms with Gasteiger partial charge in [0.15, 0.2) is 0 Å². The molecule has 1 unspecified atom stereocenters. The highest BCUT2D eigenvalue weighted by Gasteiger charge is 2.34. The van der Waals surface area contributed by atoms with Crippen molar-refractivity contribution in [1.29, 1.82) is 0 Å². The van der Waals surface area contributed by atoms with Crippen molar-refractivity contribution in [2.24, 2.45) is 0 Å². The number of carbonyl (C=O) groups is 2. The molecule has 0 radical (unpaired) electrons. The van der Waals surface area contributed by atoms with Crippen molar-refractivity contribution in [3.63, 3.8) is 0 Å². The first kappa shape index (κ1) is 19.7. The van der Waals surface area contributed by atoms with E-state index in [0.717, 1.165) is 21.3 Å². The second kappa shape index (κ2) is 8.43. The van der Waals surface area contributed by atoms with Crippen molar-refractivity contribution >= 4 is 50.9 Å². The molecule has 1 atom stereocenters. The normalized spacial score (nSPS) is 16.1. The first-order valence-corrected chi connectivity index (χ1v) is 11.0. The third kappa shape index (κ3) is 4.38. The van der Waals surface area contributed by atoms with E-state index in [0.29, 0.717) is 17.0 Å². The molecule has 3 aromatic carbocycles. The number of rotatable bonds is 4. The summed E-state index contributed by atoms with van der Waals surface area (Å²) in [6.07, 6.45) is 0. The van der Waals surface area contributed by atoms with E-state index in [9.17, 15) is 9.59 Å². The average Bonchev–Trinajstić information content (AvgIpc) is 3.10. The van der Waals surface area contributed by atoms with Gasteiger partial charge >= 0.3 is 0 Å². The molecule has 29 heavy (non-hydrogen) atoms. The number of hydrogen-bond donors (Lipinski definition) is 1. The van der Waals surface area contributed by atoms with Gasteiger partial charge in [-0.1, -0.05) is 46.3 Å². The molecule has 0 aliphatic carbocycles. The van der Waals surface area contributed by atoms with E-state index in [2.05, 4.69) is 21.2 Å². The summed E-state index contributed by atoms with van der Waals surface area (Å²) in [5.74, 6) is 0.357. The Morgan fingerprint density at radius 1 is 1.07 bits per heavy atom. The fourth-order valence-corrected chi connectivity index (χ4v) is 4.90. The Morgan fingerprint density at radius 3 is 2.66 bits per heavy atom. The molecular weight excluding hydrogens is 448 g/mol. The molecular formula is C23H19BrN2O2S. The Bertz CT molecular complexity index is 1090. The van der Waals surface area contributed by atoms with Crippen molar-refractivity contribution in [1.82, 2.24) is 0 Å². The van der Waals surface area contributed by atoms with Crippen LogP contribution in [0.1, 0.15) is 26.9 Å². The van der Waals surface area contributed by atoms with Gasteiger partial charge in [0.2, 0.25) is 5.91 Å². The molecule has 4 nitrogen and oxygen atoms in total. The lowest BCUT2D eigenvalue weighted by Gasteiger charge is -2.25. The molecule has 0 bridgehead atoms. The number of nitrogens with one attached hydrogen (secondary N) is 1. The van der Waals surface area contributed by atoms with Crippen LogP contribution in [0.4, 0.5) is 11.4 Å². The second-order valence-electron chi connectivity index (χ2n) is 6.86. The van der Waals surface area contributed by atoms with Crippen molar-refractivity contribution in [2.75, 3.05) is 16.0 Å². The largest absolute Gasteiger partial charge is 0.322 e. The molecule has 1 saturated heterocycles. The van der Waals surface area contributed by atoms with E-state index in [1.54, 1.807) is 23.9 Å². The summed E-state index contributed by atoms with van der Waals surface area (Å²) in [6, 6.07) is 22.9. The standard InChI is InChI=1S/C23H19BrN2O2S/c1-15-5-2-10-20(11-15)26-21(27)14-29-23(26)17-7-4-9-19(13-17)25-22(28)16-6-3-8-18(24)12-16/h2-13,23H,14H2,1H3,(H,25,28). The SMILES string of the molecule is Cc1cccc(N2C(=O)CSC2c2cccc(NC(=O)c3cccc(Br)c3)c2)c1. The van der Waals surface area contributed by atoms with E-state index < -0.39 is 0 Å². The zero-order valence-electron chi connectivity index (χ0n) is 15.8. The topological polar surface area (TPSA) is 49.4 Å². The highest BCUT2D eigenvalue weighted by molar-refractivity contribution is 9.10.